The normalized spacial score (nSPS) is 10.5. The molecule has 31 heavy (non-hydrogen) atoms. The smallest absolute Gasteiger partial charge is 0.251 e. The summed E-state index contributed by atoms with van der Waals surface area (Å²) < 4.78 is 1.99. The lowest BCUT2D eigenvalue weighted by atomic mass is 10.2. The van der Waals surface area contributed by atoms with Gasteiger partial charge >= 0.3 is 0 Å². The fourth-order valence-electron chi connectivity index (χ4n) is 3.02. The number of nitrogens with one attached hydrogen (secondary N) is 3. The lowest BCUT2D eigenvalue weighted by molar-refractivity contribution is 0.0955. The molecule has 4 rings (SSSR count). The van der Waals surface area contributed by atoms with Crippen molar-refractivity contribution in [2.45, 2.75) is 6.92 Å². The number of aryl methyl sites for hydroxylation is 1. The highest BCUT2D eigenvalue weighted by atomic mass is 16.1. The number of benzene rings is 1. The van der Waals surface area contributed by atoms with E-state index in [1.165, 1.54) is 6.33 Å². The van der Waals surface area contributed by atoms with Gasteiger partial charge in [0.05, 0.1) is 0 Å². The molecule has 0 aliphatic carbocycles. The van der Waals surface area contributed by atoms with Gasteiger partial charge in [0.15, 0.2) is 0 Å². The van der Waals surface area contributed by atoms with Crippen LogP contribution in [0.2, 0.25) is 0 Å². The maximum absolute atomic E-state index is 12.4. The van der Waals surface area contributed by atoms with E-state index in [1.54, 1.807) is 12.3 Å². The topological polar surface area (TPSA) is 96.8 Å². The van der Waals surface area contributed by atoms with Crippen LogP contribution in [0.25, 0.3) is 5.69 Å². The van der Waals surface area contributed by atoms with Crippen molar-refractivity contribution < 1.29 is 4.79 Å². The van der Waals surface area contributed by atoms with E-state index >= 15 is 0 Å². The van der Waals surface area contributed by atoms with Gasteiger partial charge < -0.3 is 20.5 Å². The van der Waals surface area contributed by atoms with Gasteiger partial charge in [-0.2, -0.15) is 0 Å². The van der Waals surface area contributed by atoms with E-state index in [1.807, 2.05) is 72.4 Å². The van der Waals surface area contributed by atoms with Crippen LogP contribution in [0.4, 0.5) is 17.5 Å². The Morgan fingerprint density at radius 1 is 0.903 bits per heavy atom. The summed E-state index contributed by atoms with van der Waals surface area (Å²) in [4.78, 5) is 25.0. The van der Waals surface area contributed by atoms with Crippen molar-refractivity contribution in [3.05, 3.63) is 90.6 Å². The second kappa shape index (κ2) is 9.53. The van der Waals surface area contributed by atoms with Gasteiger partial charge in [0, 0.05) is 49.0 Å². The Bertz CT molecular complexity index is 1140. The number of pyridine rings is 1. The second-order valence-corrected chi connectivity index (χ2v) is 6.95. The first-order chi connectivity index (χ1) is 15.2. The number of aromatic nitrogens is 4. The monoisotopic (exact) mass is 413 g/mol. The molecule has 8 heteroatoms. The summed E-state index contributed by atoms with van der Waals surface area (Å²) in [5.41, 5.74) is 2.74. The molecule has 4 aromatic rings. The van der Waals surface area contributed by atoms with Crippen LogP contribution in [0.15, 0.2) is 79.5 Å². The van der Waals surface area contributed by atoms with E-state index in [2.05, 4.69) is 30.9 Å². The Morgan fingerprint density at radius 2 is 1.65 bits per heavy atom. The number of carbonyl (C=O) groups excluding carboxylic acids is 1. The van der Waals surface area contributed by atoms with Crippen molar-refractivity contribution in [2.24, 2.45) is 0 Å². The predicted molar refractivity (Wildman–Crippen MR) is 121 cm³/mol. The van der Waals surface area contributed by atoms with E-state index in [0.717, 1.165) is 17.1 Å². The van der Waals surface area contributed by atoms with E-state index in [-0.39, 0.29) is 5.91 Å². The third-order valence-corrected chi connectivity index (χ3v) is 4.59. The molecule has 0 spiro atoms. The number of rotatable bonds is 8. The van der Waals surface area contributed by atoms with Crippen molar-refractivity contribution >= 4 is 23.4 Å². The lowest BCUT2D eigenvalue weighted by Gasteiger charge is -2.10. The molecule has 3 aromatic heterocycles. The zero-order valence-electron chi connectivity index (χ0n) is 17.1. The largest absolute Gasteiger partial charge is 0.368 e. The van der Waals surface area contributed by atoms with Gasteiger partial charge in [0.2, 0.25) is 0 Å². The van der Waals surface area contributed by atoms with Gasteiger partial charge in [-0.15, -0.1) is 0 Å². The molecule has 8 nitrogen and oxygen atoms in total. The Hall–Kier alpha value is -4.20. The Labute approximate surface area is 180 Å². The van der Waals surface area contributed by atoms with Crippen molar-refractivity contribution in [2.75, 3.05) is 23.7 Å². The molecule has 0 aliphatic rings. The minimum Gasteiger partial charge on any atom is -0.368 e. The van der Waals surface area contributed by atoms with E-state index in [4.69, 9.17) is 0 Å². The number of hydrogen-bond donors (Lipinski definition) is 3. The zero-order valence-corrected chi connectivity index (χ0v) is 17.1. The standard InChI is InChI=1S/C23H23N7O/c1-17-8-9-24-21(14-17)29-22-15-20(27-16-28-22)25-10-11-26-23(31)18-4-6-19(7-5-18)30-12-2-3-13-30/h2-9,12-16H,10-11H2,1H3,(H,26,31)(H2,24,25,27,28,29). The highest BCUT2D eigenvalue weighted by Crippen LogP contribution is 2.15. The quantitative estimate of drug-likeness (QED) is 0.382. The van der Waals surface area contributed by atoms with Gasteiger partial charge in [-0.1, -0.05) is 0 Å². The molecule has 3 heterocycles. The third-order valence-electron chi connectivity index (χ3n) is 4.59. The molecule has 0 bridgehead atoms. The highest BCUT2D eigenvalue weighted by molar-refractivity contribution is 5.94. The molecule has 0 atom stereocenters. The first kappa shape index (κ1) is 20.1. The summed E-state index contributed by atoms with van der Waals surface area (Å²) in [5.74, 6) is 1.91. The number of anilines is 3. The summed E-state index contributed by atoms with van der Waals surface area (Å²) in [6.07, 6.45) is 7.15. The molecule has 1 amide bonds. The SMILES string of the molecule is Cc1ccnc(Nc2cc(NCCNC(=O)c3ccc(-n4cccc4)cc3)ncn2)c1. The average Bonchev–Trinajstić information content (AvgIpc) is 3.32. The van der Waals surface area contributed by atoms with Gasteiger partial charge in [-0.25, -0.2) is 15.0 Å². The Balaban J connectivity index is 1.25. The van der Waals surface area contributed by atoms with Crippen molar-refractivity contribution in [1.29, 1.82) is 0 Å². The van der Waals surface area contributed by atoms with Crippen LogP contribution in [-0.4, -0.2) is 38.5 Å². The number of nitrogens with zero attached hydrogens (tertiary/aromatic N) is 4. The summed E-state index contributed by atoms with van der Waals surface area (Å²) in [6, 6.07) is 17.1. The van der Waals surface area contributed by atoms with Crippen LogP contribution < -0.4 is 16.0 Å². The van der Waals surface area contributed by atoms with E-state index in [0.29, 0.717) is 30.3 Å². The van der Waals surface area contributed by atoms with Crippen molar-refractivity contribution in [3.8, 4) is 5.69 Å². The maximum atomic E-state index is 12.4. The van der Waals surface area contributed by atoms with Gasteiger partial charge in [0.25, 0.3) is 5.91 Å². The highest BCUT2D eigenvalue weighted by Gasteiger charge is 2.06. The third kappa shape index (κ3) is 5.45. The molecule has 0 unspecified atom stereocenters. The molecular weight excluding hydrogens is 390 g/mol. The first-order valence-corrected chi connectivity index (χ1v) is 9.94. The lowest BCUT2D eigenvalue weighted by Crippen LogP contribution is -2.28. The molecule has 1 aromatic carbocycles. The molecule has 0 aliphatic heterocycles. The van der Waals surface area contributed by atoms with Crippen LogP contribution in [-0.2, 0) is 0 Å². The van der Waals surface area contributed by atoms with Crippen LogP contribution in [0.5, 0.6) is 0 Å². The Morgan fingerprint density at radius 3 is 2.42 bits per heavy atom. The Kier molecular flexibility index (Phi) is 6.18. The van der Waals surface area contributed by atoms with E-state index in [9.17, 15) is 4.79 Å². The van der Waals surface area contributed by atoms with Crippen LogP contribution >= 0.6 is 0 Å². The molecule has 0 saturated heterocycles. The fraction of sp³-hybridized carbons (Fsp3) is 0.130. The molecule has 156 valence electrons. The molecule has 0 saturated carbocycles. The van der Waals surface area contributed by atoms with E-state index < -0.39 is 0 Å². The van der Waals surface area contributed by atoms with Crippen LogP contribution in [0.3, 0.4) is 0 Å². The van der Waals surface area contributed by atoms with Crippen molar-refractivity contribution in [3.63, 3.8) is 0 Å². The van der Waals surface area contributed by atoms with Gasteiger partial charge in [-0.05, 0) is 61.0 Å². The predicted octanol–water partition coefficient (Wildman–Crippen LogP) is 3.56. The number of carbonyl (C=O) groups is 1. The van der Waals surface area contributed by atoms with Crippen LogP contribution in [0, 0.1) is 6.92 Å². The van der Waals surface area contributed by atoms with Crippen molar-refractivity contribution in [1.82, 2.24) is 24.8 Å². The summed E-state index contributed by atoms with van der Waals surface area (Å²) >= 11 is 0. The average molecular weight is 413 g/mol. The number of amides is 1. The molecular formula is C23H23N7O. The summed E-state index contributed by atoms with van der Waals surface area (Å²) in [5, 5.41) is 9.25. The molecule has 3 N–H and O–H groups in total. The first-order valence-electron chi connectivity index (χ1n) is 9.94. The minimum atomic E-state index is -0.114. The minimum absolute atomic E-state index is 0.114. The van der Waals surface area contributed by atoms with Gasteiger partial charge in [-0.3, -0.25) is 4.79 Å². The molecule has 0 radical (unpaired) electrons. The van der Waals surface area contributed by atoms with Crippen LogP contribution in [0.1, 0.15) is 15.9 Å². The van der Waals surface area contributed by atoms with Gasteiger partial charge in [0.1, 0.15) is 23.8 Å². The number of hydrogen-bond acceptors (Lipinski definition) is 6. The summed E-state index contributed by atoms with van der Waals surface area (Å²) in [7, 11) is 0. The molecule has 0 fully saturated rings. The second-order valence-electron chi connectivity index (χ2n) is 6.95. The maximum Gasteiger partial charge on any atom is 0.251 e. The zero-order chi connectivity index (χ0) is 21.5. The summed E-state index contributed by atoms with van der Waals surface area (Å²) in [6.45, 7) is 3.00. The fourth-order valence-corrected chi connectivity index (χ4v) is 3.02.